The number of halogens is 1. The van der Waals surface area contributed by atoms with Crippen molar-refractivity contribution >= 4 is 17.6 Å². The molecule has 0 aliphatic carbocycles. The summed E-state index contributed by atoms with van der Waals surface area (Å²) < 4.78 is 17.7. The Hall–Kier alpha value is -2.73. The van der Waals surface area contributed by atoms with Crippen LogP contribution in [0.4, 0.5) is 10.1 Å². The largest absolute Gasteiger partial charge is 0.453 e. The van der Waals surface area contributed by atoms with Gasteiger partial charge in [0, 0.05) is 5.69 Å². The van der Waals surface area contributed by atoms with Gasteiger partial charge in [0.25, 0.3) is 5.91 Å². The van der Waals surface area contributed by atoms with Gasteiger partial charge in [-0.1, -0.05) is 36.4 Å². The average molecular weight is 303 g/mol. The maximum Gasteiger partial charge on any atom is 0.340 e. The molecule has 2 aromatic carbocycles. The Labute approximate surface area is 126 Å². The van der Waals surface area contributed by atoms with Crippen LogP contribution >= 0.6 is 0 Å². The monoisotopic (exact) mass is 303 g/mol. The Balaban J connectivity index is 1.84. The minimum absolute atomic E-state index is 0.254. The van der Waals surface area contributed by atoms with Crippen molar-refractivity contribution in [2.45, 2.75) is 6.10 Å². The summed E-state index contributed by atoms with van der Waals surface area (Å²) in [4.78, 5) is 23.2. The summed E-state index contributed by atoms with van der Waals surface area (Å²) in [5.74, 6) is -2.05. The van der Waals surface area contributed by atoms with E-state index in [4.69, 9.17) is 4.74 Å². The van der Waals surface area contributed by atoms with Gasteiger partial charge in [-0.05, 0) is 23.8 Å². The van der Waals surface area contributed by atoms with E-state index in [9.17, 15) is 19.1 Å². The molecule has 0 aromatic heterocycles. The van der Waals surface area contributed by atoms with Crippen LogP contribution < -0.4 is 5.32 Å². The topological polar surface area (TPSA) is 75.6 Å². The molecule has 2 N–H and O–H groups in total. The molecule has 22 heavy (non-hydrogen) atoms. The van der Waals surface area contributed by atoms with Gasteiger partial charge in [-0.2, -0.15) is 0 Å². The van der Waals surface area contributed by atoms with Crippen molar-refractivity contribution in [2.24, 2.45) is 0 Å². The summed E-state index contributed by atoms with van der Waals surface area (Å²) in [6.07, 6.45) is -1.46. The van der Waals surface area contributed by atoms with Gasteiger partial charge in [-0.15, -0.1) is 0 Å². The zero-order valence-corrected chi connectivity index (χ0v) is 11.5. The third-order valence-electron chi connectivity index (χ3n) is 2.79. The molecule has 0 saturated carbocycles. The molecule has 0 saturated heterocycles. The number of hydrogen-bond acceptors (Lipinski definition) is 4. The first-order valence-electron chi connectivity index (χ1n) is 6.51. The molecule has 5 nitrogen and oxygen atoms in total. The van der Waals surface area contributed by atoms with Crippen molar-refractivity contribution in [3.8, 4) is 0 Å². The fraction of sp³-hybridized carbons (Fsp3) is 0.125. The number of nitrogens with one attached hydrogen (secondary N) is 1. The minimum Gasteiger partial charge on any atom is -0.453 e. The van der Waals surface area contributed by atoms with Crippen molar-refractivity contribution in [1.29, 1.82) is 0 Å². The quantitative estimate of drug-likeness (QED) is 0.829. The fourth-order valence-electron chi connectivity index (χ4n) is 1.75. The lowest BCUT2D eigenvalue weighted by atomic mass is 10.1. The van der Waals surface area contributed by atoms with Crippen LogP contribution in [0.1, 0.15) is 11.7 Å². The predicted molar refractivity (Wildman–Crippen MR) is 77.4 cm³/mol. The Morgan fingerprint density at radius 2 is 1.86 bits per heavy atom. The van der Waals surface area contributed by atoms with Crippen LogP contribution in [0.2, 0.25) is 0 Å². The SMILES string of the molecule is O=C(COC(=O)[C@@H](O)c1ccccc1)Nc1cccc(F)c1. The first kappa shape index (κ1) is 15.7. The highest BCUT2D eigenvalue weighted by Crippen LogP contribution is 2.14. The van der Waals surface area contributed by atoms with Crippen molar-refractivity contribution in [1.82, 2.24) is 0 Å². The zero-order chi connectivity index (χ0) is 15.9. The number of esters is 1. The lowest BCUT2D eigenvalue weighted by Crippen LogP contribution is -2.24. The maximum absolute atomic E-state index is 13.0. The first-order chi connectivity index (χ1) is 10.6. The van der Waals surface area contributed by atoms with E-state index in [0.29, 0.717) is 5.56 Å². The fourth-order valence-corrected chi connectivity index (χ4v) is 1.75. The molecule has 114 valence electrons. The summed E-state index contributed by atoms with van der Waals surface area (Å²) in [7, 11) is 0. The van der Waals surface area contributed by atoms with E-state index in [2.05, 4.69) is 5.32 Å². The number of rotatable bonds is 5. The van der Waals surface area contributed by atoms with Crippen molar-refractivity contribution < 1.29 is 23.8 Å². The third kappa shape index (κ3) is 4.39. The van der Waals surface area contributed by atoms with Crippen molar-refractivity contribution in [3.05, 3.63) is 66.0 Å². The smallest absolute Gasteiger partial charge is 0.340 e. The van der Waals surface area contributed by atoms with E-state index in [-0.39, 0.29) is 5.69 Å². The summed E-state index contributed by atoms with van der Waals surface area (Å²) in [5.41, 5.74) is 0.627. The Morgan fingerprint density at radius 3 is 2.55 bits per heavy atom. The van der Waals surface area contributed by atoms with E-state index in [1.54, 1.807) is 30.3 Å². The maximum atomic E-state index is 13.0. The number of amides is 1. The molecule has 1 atom stereocenters. The normalized spacial score (nSPS) is 11.5. The molecular weight excluding hydrogens is 289 g/mol. The van der Waals surface area contributed by atoms with Crippen LogP contribution in [-0.2, 0) is 14.3 Å². The van der Waals surface area contributed by atoms with Gasteiger partial charge in [0.1, 0.15) is 5.82 Å². The molecule has 2 rings (SSSR count). The number of hydrogen-bond donors (Lipinski definition) is 2. The molecule has 2 aromatic rings. The van der Waals surface area contributed by atoms with Gasteiger partial charge in [-0.25, -0.2) is 9.18 Å². The minimum atomic E-state index is -1.46. The van der Waals surface area contributed by atoms with E-state index in [1.165, 1.54) is 18.2 Å². The van der Waals surface area contributed by atoms with Gasteiger partial charge in [0.05, 0.1) is 0 Å². The molecule has 6 heteroatoms. The Morgan fingerprint density at radius 1 is 1.14 bits per heavy atom. The number of carbonyl (C=O) groups excluding carboxylic acids is 2. The molecule has 1 amide bonds. The number of aliphatic hydroxyl groups excluding tert-OH is 1. The van der Waals surface area contributed by atoms with Crippen molar-refractivity contribution in [2.75, 3.05) is 11.9 Å². The van der Waals surface area contributed by atoms with Gasteiger partial charge >= 0.3 is 5.97 Å². The van der Waals surface area contributed by atoms with Crippen LogP contribution in [0.3, 0.4) is 0 Å². The predicted octanol–water partition coefficient (Wildman–Crippen LogP) is 2.04. The van der Waals surface area contributed by atoms with Gasteiger partial charge < -0.3 is 15.2 Å². The zero-order valence-electron chi connectivity index (χ0n) is 11.5. The highest BCUT2D eigenvalue weighted by Gasteiger charge is 2.19. The standard InChI is InChI=1S/C16H14FNO4/c17-12-7-4-8-13(9-12)18-14(19)10-22-16(21)15(20)11-5-2-1-3-6-11/h1-9,15,20H,10H2,(H,18,19)/t15-/m0/s1. The van der Waals surface area contributed by atoms with Crippen LogP contribution in [-0.4, -0.2) is 23.6 Å². The number of anilines is 1. The third-order valence-corrected chi connectivity index (χ3v) is 2.79. The van der Waals surface area contributed by atoms with Gasteiger partial charge in [-0.3, -0.25) is 4.79 Å². The summed E-state index contributed by atoms with van der Waals surface area (Å²) in [6, 6.07) is 13.5. The lowest BCUT2D eigenvalue weighted by molar-refractivity contribution is -0.156. The van der Waals surface area contributed by atoms with E-state index >= 15 is 0 Å². The average Bonchev–Trinajstić information content (AvgIpc) is 2.52. The number of ether oxygens (including phenoxy) is 1. The molecule has 0 heterocycles. The molecule has 0 fully saturated rings. The summed E-state index contributed by atoms with van der Waals surface area (Å²) >= 11 is 0. The number of benzene rings is 2. The molecule has 0 radical (unpaired) electrons. The Kier molecular flexibility index (Phi) is 5.21. The second kappa shape index (κ2) is 7.33. The van der Waals surface area contributed by atoms with Gasteiger partial charge in [0.15, 0.2) is 12.7 Å². The number of aliphatic hydroxyl groups is 1. The van der Waals surface area contributed by atoms with E-state index < -0.39 is 30.4 Å². The molecule has 0 unspecified atom stereocenters. The van der Waals surface area contributed by atoms with E-state index in [1.807, 2.05) is 0 Å². The number of carbonyl (C=O) groups is 2. The van der Waals surface area contributed by atoms with Gasteiger partial charge in [0.2, 0.25) is 0 Å². The van der Waals surface area contributed by atoms with Crippen molar-refractivity contribution in [3.63, 3.8) is 0 Å². The highest BCUT2D eigenvalue weighted by atomic mass is 19.1. The molecule has 0 bridgehead atoms. The molecule has 0 spiro atoms. The molecule has 0 aliphatic heterocycles. The first-order valence-corrected chi connectivity index (χ1v) is 6.51. The van der Waals surface area contributed by atoms with Crippen LogP contribution in [0.25, 0.3) is 0 Å². The molecular formula is C16H14FNO4. The Bertz CT molecular complexity index is 660. The lowest BCUT2D eigenvalue weighted by Gasteiger charge is -2.11. The van der Waals surface area contributed by atoms with E-state index in [0.717, 1.165) is 6.07 Å². The summed E-state index contributed by atoms with van der Waals surface area (Å²) in [5, 5.41) is 12.2. The second-order valence-electron chi connectivity index (χ2n) is 4.48. The summed E-state index contributed by atoms with van der Waals surface area (Å²) in [6.45, 7) is -0.570. The molecule has 0 aliphatic rings. The van der Waals surface area contributed by atoms with Crippen LogP contribution in [0, 0.1) is 5.82 Å². The van der Waals surface area contributed by atoms with Crippen LogP contribution in [0.15, 0.2) is 54.6 Å². The highest BCUT2D eigenvalue weighted by molar-refractivity contribution is 5.93. The van der Waals surface area contributed by atoms with Crippen LogP contribution in [0.5, 0.6) is 0 Å². The second-order valence-corrected chi connectivity index (χ2v) is 4.48.